The molecule has 0 aliphatic carbocycles. The number of nitrogens with one attached hydrogen (secondary N) is 2. The first kappa shape index (κ1) is 18.6. The summed E-state index contributed by atoms with van der Waals surface area (Å²) in [5.74, 6) is 1.83. The number of hydrogen-bond donors (Lipinski definition) is 2. The molecule has 2 amide bonds. The Morgan fingerprint density at radius 2 is 1.80 bits per heavy atom. The van der Waals surface area contributed by atoms with Crippen LogP contribution >= 0.6 is 0 Å². The molecule has 0 unspecified atom stereocenters. The van der Waals surface area contributed by atoms with Gasteiger partial charge in [-0.05, 0) is 48.2 Å². The van der Waals surface area contributed by atoms with Gasteiger partial charge in [0.1, 0.15) is 6.61 Å². The number of anilines is 1. The van der Waals surface area contributed by atoms with Gasteiger partial charge in [0.05, 0.1) is 13.7 Å². The zero-order valence-electron chi connectivity index (χ0n) is 15.3. The van der Waals surface area contributed by atoms with Gasteiger partial charge in [-0.15, -0.1) is 0 Å². The van der Waals surface area contributed by atoms with Gasteiger partial charge in [0.2, 0.25) is 0 Å². The molecule has 0 heterocycles. The Kier molecular flexibility index (Phi) is 6.69. The van der Waals surface area contributed by atoms with E-state index in [9.17, 15) is 4.79 Å². The number of benzene rings is 2. The molecular weight excluding hydrogens is 316 g/mol. The molecule has 0 atom stereocenters. The first-order valence-electron chi connectivity index (χ1n) is 8.42. The van der Waals surface area contributed by atoms with Crippen LogP contribution in [0, 0.1) is 6.92 Å². The second kappa shape index (κ2) is 8.97. The molecule has 134 valence electrons. The number of rotatable bonds is 7. The van der Waals surface area contributed by atoms with E-state index in [2.05, 4.69) is 24.5 Å². The lowest BCUT2D eigenvalue weighted by molar-refractivity contribution is 0.246. The summed E-state index contributed by atoms with van der Waals surface area (Å²) >= 11 is 0. The summed E-state index contributed by atoms with van der Waals surface area (Å²) < 4.78 is 10.9. The third-order valence-electron chi connectivity index (χ3n) is 3.80. The maximum Gasteiger partial charge on any atom is 0.319 e. The smallest absolute Gasteiger partial charge is 0.319 e. The SMILES string of the molecule is COc1cc(C)ccc1OCCNC(=O)Nc1ccc(C(C)C)cc1. The van der Waals surface area contributed by atoms with Crippen molar-refractivity contribution in [1.82, 2.24) is 5.32 Å². The minimum absolute atomic E-state index is 0.253. The van der Waals surface area contributed by atoms with Gasteiger partial charge in [-0.2, -0.15) is 0 Å². The Labute approximate surface area is 149 Å². The normalized spacial score (nSPS) is 10.4. The average Bonchev–Trinajstić information content (AvgIpc) is 2.60. The van der Waals surface area contributed by atoms with Gasteiger partial charge in [0, 0.05) is 5.69 Å². The molecule has 0 bridgehead atoms. The van der Waals surface area contributed by atoms with E-state index in [0.29, 0.717) is 30.6 Å². The van der Waals surface area contributed by atoms with Crippen molar-refractivity contribution >= 4 is 11.7 Å². The van der Waals surface area contributed by atoms with Crippen molar-refractivity contribution in [2.24, 2.45) is 0 Å². The second-order valence-electron chi connectivity index (χ2n) is 6.16. The molecule has 0 aliphatic rings. The molecule has 2 aromatic carbocycles. The highest BCUT2D eigenvalue weighted by Crippen LogP contribution is 2.27. The summed E-state index contributed by atoms with van der Waals surface area (Å²) in [5.41, 5.74) is 3.11. The molecular formula is C20H26N2O3. The van der Waals surface area contributed by atoms with Crippen LogP contribution in [0.5, 0.6) is 11.5 Å². The quantitative estimate of drug-likeness (QED) is 0.736. The first-order chi connectivity index (χ1) is 12.0. The van der Waals surface area contributed by atoms with Crippen molar-refractivity contribution < 1.29 is 14.3 Å². The summed E-state index contributed by atoms with van der Waals surface area (Å²) in [5, 5.41) is 5.58. The van der Waals surface area contributed by atoms with Gasteiger partial charge in [0.25, 0.3) is 0 Å². The zero-order valence-corrected chi connectivity index (χ0v) is 15.3. The fourth-order valence-electron chi connectivity index (χ4n) is 2.35. The van der Waals surface area contributed by atoms with Crippen LogP contribution in [0.2, 0.25) is 0 Å². The van der Waals surface area contributed by atoms with E-state index in [4.69, 9.17) is 9.47 Å². The summed E-state index contributed by atoms with van der Waals surface area (Å²) in [6.07, 6.45) is 0. The van der Waals surface area contributed by atoms with Crippen LogP contribution in [0.4, 0.5) is 10.5 Å². The van der Waals surface area contributed by atoms with Crippen molar-refractivity contribution in [3.8, 4) is 11.5 Å². The van der Waals surface area contributed by atoms with Crippen LogP contribution in [0.25, 0.3) is 0 Å². The fraction of sp³-hybridized carbons (Fsp3) is 0.350. The highest BCUT2D eigenvalue weighted by molar-refractivity contribution is 5.89. The topological polar surface area (TPSA) is 59.6 Å². The van der Waals surface area contributed by atoms with Gasteiger partial charge in [0.15, 0.2) is 11.5 Å². The molecule has 5 heteroatoms. The average molecular weight is 342 g/mol. The standard InChI is InChI=1S/C20H26N2O3/c1-14(2)16-6-8-17(9-7-16)22-20(23)21-11-12-25-18-10-5-15(3)13-19(18)24-4/h5-10,13-14H,11-12H2,1-4H3,(H2,21,22,23). The van der Waals surface area contributed by atoms with Gasteiger partial charge < -0.3 is 20.1 Å². The first-order valence-corrected chi connectivity index (χ1v) is 8.42. The lowest BCUT2D eigenvalue weighted by atomic mass is 10.0. The van der Waals surface area contributed by atoms with Crippen LogP contribution in [0.1, 0.15) is 30.9 Å². The number of urea groups is 1. The Morgan fingerprint density at radius 3 is 2.44 bits per heavy atom. The number of amides is 2. The van der Waals surface area contributed by atoms with E-state index in [1.165, 1.54) is 5.56 Å². The van der Waals surface area contributed by atoms with Crippen molar-refractivity contribution in [2.45, 2.75) is 26.7 Å². The Bertz CT molecular complexity index is 697. The molecule has 0 saturated heterocycles. The molecule has 0 fully saturated rings. The Balaban J connectivity index is 1.75. The minimum Gasteiger partial charge on any atom is -0.493 e. The van der Waals surface area contributed by atoms with Crippen molar-refractivity contribution in [1.29, 1.82) is 0 Å². The third kappa shape index (κ3) is 5.71. The zero-order chi connectivity index (χ0) is 18.2. The number of hydrogen-bond acceptors (Lipinski definition) is 3. The minimum atomic E-state index is -0.253. The number of ether oxygens (including phenoxy) is 2. The highest BCUT2D eigenvalue weighted by atomic mass is 16.5. The maximum atomic E-state index is 11.9. The molecule has 0 aromatic heterocycles. The van der Waals surface area contributed by atoms with Crippen LogP contribution in [-0.2, 0) is 0 Å². The Hall–Kier alpha value is -2.69. The largest absolute Gasteiger partial charge is 0.493 e. The molecule has 0 aliphatic heterocycles. The predicted octanol–water partition coefficient (Wildman–Crippen LogP) is 4.33. The molecule has 0 radical (unpaired) electrons. The molecule has 5 nitrogen and oxygen atoms in total. The van der Waals surface area contributed by atoms with Crippen molar-refractivity contribution in [3.05, 3.63) is 53.6 Å². The van der Waals surface area contributed by atoms with Crippen molar-refractivity contribution in [2.75, 3.05) is 25.6 Å². The summed E-state index contributed by atoms with van der Waals surface area (Å²) in [6.45, 7) is 7.02. The van der Waals surface area contributed by atoms with Crippen LogP contribution in [0.3, 0.4) is 0 Å². The molecule has 0 spiro atoms. The monoisotopic (exact) mass is 342 g/mol. The second-order valence-corrected chi connectivity index (χ2v) is 6.16. The molecule has 2 N–H and O–H groups in total. The van der Waals surface area contributed by atoms with Crippen molar-refractivity contribution in [3.63, 3.8) is 0 Å². The number of carbonyl (C=O) groups excluding carboxylic acids is 1. The van der Waals surface area contributed by atoms with Crippen LogP contribution in [0.15, 0.2) is 42.5 Å². The predicted molar refractivity (Wildman–Crippen MR) is 101 cm³/mol. The summed E-state index contributed by atoms with van der Waals surface area (Å²) in [4.78, 5) is 11.9. The summed E-state index contributed by atoms with van der Waals surface area (Å²) in [7, 11) is 1.61. The van der Waals surface area contributed by atoms with Crippen LogP contribution < -0.4 is 20.1 Å². The molecule has 2 aromatic rings. The highest BCUT2D eigenvalue weighted by Gasteiger charge is 2.06. The molecule has 0 saturated carbocycles. The lowest BCUT2D eigenvalue weighted by Crippen LogP contribution is -2.32. The van der Waals surface area contributed by atoms with E-state index in [1.807, 2.05) is 49.4 Å². The Morgan fingerprint density at radius 1 is 1.08 bits per heavy atom. The van der Waals surface area contributed by atoms with Gasteiger partial charge in [-0.25, -0.2) is 4.79 Å². The van der Waals surface area contributed by atoms with E-state index in [0.717, 1.165) is 11.3 Å². The number of aryl methyl sites for hydroxylation is 1. The van der Waals surface area contributed by atoms with Crippen LogP contribution in [-0.4, -0.2) is 26.3 Å². The van der Waals surface area contributed by atoms with E-state index < -0.39 is 0 Å². The number of methoxy groups -OCH3 is 1. The van der Waals surface area contributed by atoms with E-state index >= 15 is 0 Å². The lowest BCUT2D eigenvalue weighted by Gasteiger charge is -2.12. The fourth-order valence-corrected chi connectivity index (χ4v) is 2.35. The van der Waals surface area contributed by atoms with E-state index in [1.54, 1.807) is 7.11 Å². The van der Waals surface area contributed by atoms with Gasteiger partial charge in [-0.1, -0.05) is 32.0 Å². The number of carbonyl (C=O) groups is 1. The van der Waals surface area contributed by atoms with E-state index in [-0.39, 0.29) is 6.03 Å². The molecule has 25 heavy (non-hydrogen) atoms. The third-order valence-corrected chi connectivity index (χ3v) is 3.80. The molecule has 2 rings (SSSR count). The summed E-state index contributed by atoms with van der Waals surface area (Å²) in [6, 6.07) is 13.3. The van der Waals surface area contributed by atoms with Gasteiger partial charge in [-0.3, -0.25) is 0 Å². The maximum absolute atomic E-state index is 11.9. The van der Waals surface area contributed by atoms with Gasteiger partial charge >= 0.3 is 6.03 Å².